The van der Waals surface area contributed by atoms with Crippen molar-refractivity contribution in [1.29, 1.82) is 0 Å². The molecule has 0 amide bonds. The summed E-state index contributed by atoms with van der Waals surface area (Å²) in [5, 5.41) is 0. The van der Waals surface area contributed by atoms with Crippen LogP contribution < -0.4 is 9.47 Å². The molecular weight excluding hydrogens is 262 g/mol. The molecule has 3 nitrogen and oxygen atoms in total. The van der Waals surface area contributed by atoms with Crippen LogP contribution in [-0.2, 0) is 6.42 Å². The maximum atomic E-state index is 5.59. The number of benzene rings is 1. The van der Waals surface area contributed by atoms with Gasteiger partial charge in [0.05, 0.1) is 19.8 Å². The molecule has 0 aliphatic carbocycles. The average molecular weight is 285 g/mol. The SMILES string of the molecule is CCCCCc1cc(OC)c(-c2ccncc2)c(OC)c1. The molecule has 0 fully saturated rings. The van der Waals surface area contributed by atoms with Crippen molar-refractivity contribution in [3.63, 3.8) is 0 Å². The van der Waals surface area contributed by atoms with E-state index in [2.05, 4.69) is 24.0 Å². The molecule has 0 aliphatic heterocycles. The molecule has 0 unspecified atom stereocenters. The number of nitrogens with zero attached hydrogens (tertiary/aromatic N) is 1. The van der Waals surface area contributed by atoms with E-state index in [-0.39, 0.29) is 0 Å². The van der Waals surface area contributed by atoms with Crippen LogP contribution in [0.5, 0.6) is 11.5 Å². The summed E-state index contributed by atoms with van der Waals surface area (Å²) in [6.07, 6.45) is 8.28. The van der Waals surface area contributed by atoms with Crippen LogP contribution in [-0.4, -0.2) is 19.2 Å². The number of hydrogen-bond acceptors (Lipinski definition) is 3. The van der Waals surface area contributed by atoms with E-state index in [1.165, 1.54) is 24.8 Å². The van der Waals surface area contributed by atoms with Crippen molar-refractivity contribution in [2.75, 3.05) is 14.2 Å². The summed E-state index contributed by atoms with van der Waals surface area (Å²) in [5.74, 6) is 1.71. The van der Waals surface area contributed by atoms with Crippen molar-refractivity contribution < 1.29 is 9.47 Å². The largest absolute Gasteiger partial charge is 0.496 e. The van der Waals surface area contributed by atoms with Gasteiger partial charge in [0.1, 0.15) is 11.5 Å². The van der Waals surface area contributed by atoms with Crippen LogP contribution in [0.2, 0.25) is 0 Å². The molecule has 0 atom stereocenters. The van der Waals surface area contributed by atoms with Gasteiger partial charge < -0.3 is 9.47 Å². The molecule has 0 saturated carbocycles. The highest BCUT2D eigenvalue weighted by Crippen LogP contribution is 2.39. The Morgan fingerprint density at radius 1 is 0.952 bits per heavy atom. The standard InChI is InChI=1S/C18H23NO2/c1-4-5-6-7-14-12-16(20-2)18(17(13-14)21-3)15-8-10-19-11-9-15/h8-13H,4-7H2,1-3H3. The molecule has 0 saturated heterocycles. The number of aromatic nitrogens is 1. The highest BCUT2D eigenvalue weighted by molar-refractivity contribution is 5.77. The zero-order chi connectivity index (χ0) is 15.1. The van der Waals surface area contributed by atoms with Gasteiger partial charge in [0.15, 0.2) is 0 Å². The van der Waals surface area contributed by atoms with Crippen LogP contribution in [0, 0.1) is 0 Å². The van der Waals surface area contributed by atoms with E-state index < -0.39 is 0 Å². The van der Waals surface area contributed by atoms with Crippen molar-refractivity contribution in [1.82, 2.24) is 4.98 Å². The summed E-state index contributed by atoms with van der Waals surface area (Å²) in [6.45, 7) is 2.22. The molecule has 3 heteroatoms. The number of unbranched alkanes of at least 4 members (excludes halogenated alkanes) is 2. The van der Waals surface area contributed by atoms with Crippen LogP contribution in [0.1, 0.15) is 31.7 Å². The van der Waals surface area contributed by atoms with Crippen LogP contribution >= 0.6 is 0 Å². The predicted octanol–water partition coefficient (Wildman–Crippen LogP) is 4.50. The molecule has 2 rings (SSSR count). The van der Waals surface area contributed by atoms with E-state index in [4.69, 9.17) is 9.47 Å². The molecule has 0 radical (unpaired) electrons. The number of ether oxygens (including phenoxy) is 2. The molecule has 2 aromatic rings. The minimum absolute atomic E-state index is 0.854. The third-order valence-corrected chi connectivity index (χ3v) is 3.60. The molecule has 1 aromatic carbocycles. The maximum Gasteiger partial charge on any atom is 0.130 e. The number of hydrogen-bond donors (Lipinski definition) is 0. The Balaban J connectivity index is 2.40. The number of aryl methyl sites for hydroxylation is 1. The van der Waals surface area contributed by atoms with E-state index in [0.29, 0.717) is 0 Å². The Morgan fingerprint density at radius 3 is 2.10 bits per heavy atom. The highest BCUT2D eigenvalue weighted by atomic mass is 16.5. The van der Waals surface area contributed by atoms with E-state index in [9.17, 15) is 0 Å². The molecule has 0 N–H and O–H groups in total. The lowest BCUT2D eigenvalue weighted by Crippen LogP contribution is -1.96. The van der Waals surface area contributed by atoms with Gasteiger partial charge in [-0.1, -0.05) is 19.8 Å². The van der Waals surface area contributed by atoms with Crippen LogP contribution in [0.4, 0.5) is 0 Å². The molecule has 0 bridgehead atoms. The maximum absolute atomic E-state index is 5.59. The van der Waals surface area contributed by atoms with Gasteiger partial charge >= 0.3 is 0 Å². The first-order valence-corrected chi connectivity index (χ1v) is 7.45. The lowest BCUT2D eigenvalue weighted by molar-refractivity contribution is 0.396. The average Bonchev–Trinajstić information content (AvgIpc) is 2.55. The summed E-state index contributed by atoms with van der Waals surface area (Å²) in [4.78, 5) is 4.07. The van der Waals surface area contributed by atoms with Gasteiger partial charge in [-0.3, -0.25) is 4.98 Å². The second-order valence-electron chi connectivity index (χ2n) is 5.07. The zero-order valence-corrected chi connectivity index (χ0v) is 13.1. The molecule has 21 heavy (non-hydrogen) atoms. The fraction of sp³-hybridized carbons (Fsp3) is 0.389. The van der Waals surface area contributed by atoms with Crippen molar-refractivity contribution >= 4 is 0 Å². The summed E-state index contributed by atoms with van der Waals surface area (Å²) < 4.78 is 11.2. The Hall–Kier alpha value is -2.03. The lowest BCUT2D eigenvalue weighted by Gasteiger charge is -2.15. The molecular formula is C18H23NO2. The van der Waals surface area contributed by atoms with Gasteiger partial charge in [0.25, 0.3) is 0 Å². The van der Waals surface area contributed by atoms with Crippen molar-refractivity contribution in [3.8, 4) is 22.6 Å². The van der Waals surface area contributed by atoms with Crippen LogP contribution in [0.25, 0.3) is 11.1 Å². The number of pyridine rings is 1. The molecule has 112 valence electrons. The third-order valence-electron chi connectivity index (χ3n) is 3.60. The first-order chi connectivity index (χ1) is 10.3. The summed E-state index contributed by atoms with van der Waals surface area (Å²) >= 11 is 0. The third kappa shape index (κ3) is 3.75. The van der Waals surface area contributed by atoms with Crippen molar-refractivity contribution in [2.45, 2.75) is 32.6 Å². The lowest BCUT2D eigenvalue weighted by atomic mass is 9.99. The first-order valence-electron chi connectivity index (χ1n) is 7.45. The first kappa shape index (κ1) is 15.4. The number of methoxy groups -OCH3 is 2. The summed E-state index contributed by atoms with van der Waals surface area (Å²) in [6, 6.07) is 8.18. The highest BCUT2D eigenvalue weighted by Gasteiger charge is 2.14. The second kappa shape index (κ2) is 7.67. The van der Waals surface area contributed by atoms with E-state index in [1.807, 2.05) is 12.1 Å². The summed E-state index contributed by atoms with van der Waals surface area (Å²) in [5.41, 5.74) is 3.30. The van der Waals surface area contributed by atoms with Gasteiger partial charge in [0.2, 0.25) is 0 Å². The monoisotopic (exact) mass is 285 g/mol. The fourth-order valence-corrected chi connectivity index (χ4v) is 2.49. The normalized spacial score (nSPS) is 10.4. The van der Waals surface area contributed by atoms with E-state index >= 15 is 0 Å². The Labute approximate surface area is 126 Å². The van der Waals surface area contributed by atoms with Crippen LogP contribution in [0.3, 0.4) is 0 Å². The summed E-state index contributed by atoms with van der Waals surface area (Å²) in [7, 11) is 3.41. The molecule has 1 heterocycles. The number of rotatable bonds is 7. The van der Waals surface area contributed by atoms with E-state index in [0.717, 1.165) is 29.0 Å². The van der Waals surface area contributed by atoms with Gasteiger partial charge in [0, 0.05) is 12.4 Å². The fourth-order valence-electron chi connectivity index (χ4n) is 2.49. The van der Waals surface area contributed by atoms with E-state index in [1.54, 1.807) is 26.6 Å². The second-order valence-corrected chi connectivity index (χ2v) is 5.07. The Morgan fingerprint density at radius 2 is 1.57 bits per heavy atom. The van der Waals surface area contributed by atoms with Crippen molar-refractivity contribution in [3.05, 3.63) is 42.2 Å². The van der Waals surface area contributed by atoms with Gasteiger partial charge in [-0.2, -0.15) is 0 Å². The molecule has 0 aliphatic rings. The minimum Gasteiger partial charge on any atom is -0.496 e. The zero-order valence-electron chi connectivity index (χ0n) is 13.1. The predicted molar refractivity (Wildman–Crippen MR) is 86.0 cm³/mol. The smallest absolute Gasteiger partial charge is 0.130 e. The van der Waals surface area contributed by atoms with Gasteiger partial charge in [-0.25, -0.2) is 0 Å². The topological polar surface area (TPSA) is 31.4 Å². The molecule has 0 spiro atoms. The Kier molecular flexibility index (Phi) is 5.61. The van der Waals surface area contributed by atoms with Crippen LogP contribution in [0.15, 0.2) is 36.7 Å². The van der Waals surface area contributed by atoms with Gasteiger partial charge in [-0.05, 0) is 48.2 Å². The van der Waals surface area contributed by atoms with Crippen molar-refractivity contribution in [2.24, 2.45) is 0 Å². The quantitative estimate of drug-likeness (QED) is 0.702. The molecule has 1 aromatic heterocycles. The van der Waals surface area contributed by atoms with Gasteiger partial charge in [-0.15, -0.1) is 0 Å². The minimum atomic E-state index is 0.854. The Bertz CT molecular complexity index is 542.